The lowest BCUT2D eigenvalue weighted by molar-refractivity contribution is -0.114. The van der Waals surface area contributed by atoms with Gasteiger partial charge in [-0.2, -0.15) is 5.26 Å². The summed E-state index contributed by atoms with van der Waals surface area (Å²) in [5, 5.41) is 11.0. The van der Waals surface area contributed by atoms with E-state index >= 15 is 0 Å². The summed E-state index contributed by atoms with van der Waals surface area (Å²) < 4.78 is 38.0. The fourth-order valence-corrected chi connectivity index (χ4v) is 3.02. The molecular formula is C16H13ClFN3O3S. The van der Waals surface area contributed by atoms with Gasteiger partial charge in [-0.25, -0.2) is 12.8 Å². The summed E-state index contributed by atoms with van der Waals surface area (Å²) in [6.07, 6.45) is 0.930. The maximum absolute atomic E-state index is 13.3. The van der Waals surface area contributed by atoms with E-state index in [2.05, 4.69) is 5.32 Å². The molecule has 0 aromatic heterocycles. The molecule has 1 amide bonds. The van der Waals surface area contributed by atoms with Crippen molar-refractivity contribution in [2.45, 2.75) is 0 Å². The molecule has 0 saturated heterocycles. The Balaban J connectivity index is 2.20. The molecule has 0 aliphatic heterocycles. The standard InChI is InChI=1S/C16H13ClFN3O3S/c1-25(23,24)21(13-6-7-15(18)14(17)8-13)10-16(22)20-12-4-2-11(9-19)3-5-12/h2-8H,10H2,1H3,(H,20,22). The third kappa shape index (κ3) is 4.92. The Labute approximate surface area is 149 Å². The van der Waals surface area contributed by atoms with Crippen molar-refractivity contribution in [2.24, 2.45) is 0 Å². The van der Waals surface area contributed by atoms with Gasteiger partial charge in [0.05, 0.1) is 28.6 Å². The number of hydrogen-bond acceptors (Lipinski definition) is 4. The van der Waals surface area contributed by atoms with Crippen LogP contribution in [-0.4, -0.2) is 27.1 Å². The normalized spacial score (nSPS) is 10.8. The molecule has 0 atom stereocenters. The average molecular weight is 382 g/mol. The zero-order valence-electron chi connectivity index (χ0n) is 13.0. The van der Waals surface area contributed by atoms with Crippen molar-refractivity contribution >= 4 is 38.9 Å². The molecule has 6 nitrogen and oxygen atoms in total. The molecule has 0 aliphatic carbocycles. The van der Waals surface area contributed by atoms with Gasteiger partial charge in [0.15, 0.2) is 0 Å². The Kier molecular flexibility index (Phi) is 5.62. The van der Waals surface area contributed by atoms with E-state index in [1.807, 2.05) is 6.07 Å². The molecule has 0 bridgehead atoms. The summed E-state index contributed by atoms with van der Waals surface area (Å²) >= 11 is 5.68. The molecule has 0 spiro atoms. The largest absolute Gasteiger partial charge is 0.325 e. The predicted octanol–water partition coefficient (Wildman–Crippen LogP) is 2.76. The number of nitrogens with one attached hydrogen (secondary N) is 1. The van der Waals surface area contributed by atoms with Crippen LogP contribution >= 0.6 is 11.6 Å². The number of amides is 1. The first-order chi connectivity index (χ1) is 11.7. The van der Waals surface area contributed by atoms with Crippen LogP contribution in [0.5, 0.6) is 0 Å². The van der Waals surface area contributed by atoms with Crippen molar-refractivity contribution in [1.29, 1.82) is 5.26 Å². The average Bonchev–Trinajstić information content (AvgIpc) is 2.55. The van der Waals surface area contributed by atoms with Gasteiger partial charge in [0.2, 0.25) is 15.9 Å². The molecule has 2 aromatic rings. The Morgan fingerprint density at radius 1 is 1.28 bits per heavy atom. The van der Waals surface area contributed by atoms with Crippen LogP contribution in [0.2, 0.25) is 5.02 Å². The molecule has 0 radical (unpaired) electrons. The lowest BCUT2D eigenvalue weighted by Gasteiger charge is -2.22. The van der Waals surface area contributed by atoms with Crippen molar-refractivity contribution in [1.82, 2.24) is 0 Å². The van der Waals surface area contributed by atoms with Crippen molar-refractivity contribution in [2.75, 3.05) is 22.4 Å². The molecule has 0 fully saturated rings. The number of sulfonamides is 1. The smallest absolute Gasteiger partial charge is 0.245 e. The summed E-state index contributed by atoms with van der Waals surface area (Å²) in [7, 11) is -3.80. The summed E-state index contributed by atoms with van der Waals surface area (Å²) in [6.45, 7) is -0.513. The van der Waals surface area contributed by atoms with Crippen LogP contribution in [0.3, 0.4) is 0 Å². The van der Waals surface area contributed by atoms with Crippen LogP contribution in [0.1, 0.15) is 5.56 Å². The lowest BCUT2D eigenvalue weighted by Crippen LogP contribution is -2.37. The highest BCUT2D eigenvalue weighted by Gasteiger charge is 2.21. The number of nitriles is 1. The van der Waals surface area contributed by atoms with E-state index in [1.165, 1.54) is 30.3 Å². The predicted molar refractivity (Wildman–Crippen MR) is 93.4 cm³/mol. The Hall–Kier alpha value is -2.63. The molecule has 130 valence electrons. The first-order valence-electron chi connectivity index (χ1n) is 6.93. The Bertz CT molecular complexity index is 940. The quantitative estimate of drug-likeness (QED) is 0.862. The molecule has 25 heavy (non-hydrogen) atoms. The molecule has 9 heteroatoms. The summed E-state index contributed by atoms with van der Waals surface area (Å²) in [5.41, 5.74) is 0.912. The lowest BCUT2D eigenvalue weighted by atomic mass is 10.2. The maximum Gasteiger partial charge on any atom is 0.245 e. The molecule has 0 heterocycles. The van der Waals surface area contributed by atoms with Crippen molar-refractivity contribution in [3.05, 3.63) is 58.9 Å². The number of carbonyl (C=O) groups excluding carboxylic acids is 1. The maximum atomic E-state index is 13.3. The third-order valence-electron chi connectivity index (χ3n) is 3.18. The zero-order valence-corrected chi connectivity index (χ0v) is 14.6. The minimum Gasteiger partial charge on any atom is -0.325 e. The number of anilines is 2. The molecule has 2 aromatic carbocycles. The van der Waals surface area contributed by atoms with E-state index in [-0.39, 0.29) is 10.7 Å². The van der Waals surface area contributed by atoms with Gasteiger partial charge in [-0.3, -0.25) is 9.10 Å². The first-order valence-corrected chi connectivity index (χ1v) is 9.16. The summed E-state index contributed by atoms with van der Waals surface area (Å²) in [5.74, 6) is -1.29. The van der Waals surface area contributed by atoms with Gasteiger partial charge in [0.1, 0.15) is 12.4 Å². The second-order valence-corrected chi connectivity index (χ2v) is 7.42. The van der Waals surface area contributed by atoms with Gasteiger partial charge in [0.25, 0.3) is 0 Å². The van der Waals surface area contributed by atoms with E-state index in [1.54, 1.807) is 0 Å². The number of carbonyl (C=O) groups is 1. The van der Waals surface area contributed by atoms with Crippen LogP contribution in [-0.2, 0) is 14.8 Å². The van der Waals surface area contributed by atoms with Crippen LogP contribution < -0.4 is 9.62 Å². The SMILES string of the molecule is CS(=O)(=O)N(CC(=O)Nc1ccc(C#N)cc1)c1ccc(F)c(Cl)c1. The van der Waals surface area contributed by atoms with Gasteiger partial charge in [0, 0.05) is 5.69 Å². The number of rotatable bonds is 5. The van der Waals surface area contributed by atoms with Gasteiger partial charge in [-0.05, 0) is 42.5 Å². The molecular weight excluding hydrogens is 369 g/mol. The molecule has 0 unspecified atom stereocenters. The van der Waals surface area contributed by atoms with Crippen LogP contribution in [0.4, 0.5) is 15.8 Å². The third-order valence-corrected chi connectivity index (χ3v) is 4.61. The van der Waals surface area contributed by atoms with E-state index in [0.29, 0.717) is 11.3 Å². The van der Waals surface area contributed by atoms with E-state index < -0.39 is 28.3 Å². The van der Waals surface area contributed by atoms with Gasteiger partial charge in [-0.15, -0.1) is 0 Å². The molecule has 2 rings (SSSR count). The summed E-state index contributed by atoms with van der Waals surface area (Å²) in [6, 6.07) is 11.4. The number of hydrogen-bond donors (Lipinski definition) is 1. The van der Waals surface area contributed by atoms with Gasteiger partial charge in [-0.1, -0.05) is 11.6 Å². The monoisotopic (exact) mass is 381 g/mol. The fourth-order valence-electron chi connectivity index (χ4n) is 2.00. The minimum atomic E-state index is -3.80. The number of nitrogens with zero attached hydrogens (tertiary/aromatic N) is 2. The number of halogens is 2. The second kappa shape index (κ2) is 7.51. The fraction of sp³-hybridized carbons (Fsp3) is 0.125. The minimum absolute atomic E-state index is 0.0730. The first kappa shape index (κ1) is 18.7. The summed E-state index contributed by atoms with van der Waals surface area (Å²) in [4.78, 5) is 12.2. The molecule has 1 N–H and O–H groups in total. The zero-order chi connectivity index (χ0) is 18.6. The topological polar surface area (TPSA) is 90.3 Å². The van der Waals surface area contributed by atoms with E-state index in [9.17, 15) is 17.6 Å². The van der Waals surface area contributed by atoms with Crippen LogP contribution in [0.25, 0.3) is 0 Å². The molecule has 0 saturated carbocycles. The van der Waals surface area contributed by atoms with E-state index in [4.69, 9.17) is 16.9 Å². The van der Waals surface area contributed by atoms with Crippen molar-refractivity contribution in [3.63, 3.8) is 0 Å². The molecule has 0 aliphatic rings. The van der Waals surface area contributed by atoms with Crippen LogP contribution in [0.15, 0.2) is 42.5 Å². The van der Waals surface area contributed by atoms with Crippen molar-refractivity contribution < 1.29 is 17.6 Å². The number of benzene rings is 2. The Morgan fingerprint density at radius 2 is 1.92 bits per heavy atom. The highest BCUT2D eigenvalue weighted by molar-refractivity contribution is 7.92. The highest BCUT2D eigenvalue weighted by Crippen LogP contribution is 2.24. The van der Waals surface area contributed by atoms with Gasteiger partial charge >= 0.3 is 0 Å². The van der Waals surface area contributed by atoms with E-state index in [0.717, 1.165) is 22.7 Å². The van der Waals surface area contributed by atoms with Crippen LogP contribution in [0, 0.1) is 17.1 Å². The van der Waals surface area contributed by atoms with Gasteiger partial charge < -0.3 is 5.32 Å². The van der Waals surface area contributed by atoms with Crippen molar-refractivity contribution in [3.8, 4) is 6.07 Å². The second-order valence-electron chi connectivity index (χ2n) is 5.11. The highest BCUT2D eigenvalue weighted by atomic mass is 35.5. The Morgan fingerprint density at radius 3 is 2.44 bits per heavy atom.